The highest BCUT2D eigenvalue weighted by molar-refractivity contribution is 14.0. The molecule has 0 aliphatic heterocycles. The van der Waals surface area contributed by atoms with Crippen molar-refractivity contribution in [3.05, 3.63) is 83.4 Å². The summed E-state index contributed by atoms with van der Waals surface area (Å²) in [6.07, 6.45) is 5.98. The standard InChI is InChI=1S/C26H34N6.HI/c1-20-30-31-25(32(20)2)19-28-26(29-23-15-9-10-16-23)27-18-17-24(21-11-5-3-6-12-21)22-13-7-4-8-14-22;/h3-8,11-14,23-24H,9-10,15-19H2,1-2H3,(H2,27,28,29);1H. The summed E-state index contributed by atoms with van der Waals surface area (Å²) in [6, 6.07) is 22.0. The molecular weight excluding hydrogens is 523 g/mol. The Morgan fingerprint density at radius 1 is 1.00 bits per heavy atom. The van der Waals surface area contributed by atoms with Crippen molar-refractivity contribution in [1.82, 2.24) is 25.4 Å². The van der Waals surface area contributed by atoms with Crippen molar-refractivity contribution < 1.29 is 0 Å². The van der Waals surface area contributed by atoms with Gasteiger partial charge >= 0.3 is 0 Å². The minimum Gasteiger partial charge on any atom is -0.356 e. The molecule has 2 aromatic carbocycles. The van der Waals surface area contributed by atoms with Crippen molar-refractivity contribution in [2.75, 3.05) is 6.54 Å². The van der Waals surface area contributed by atoms with Crippen LogP contribution in [0.15, 0.2) is 65.7 Å². The molecule has 3 aromatic rings. The van der Waals surface area contributed by atoms with Crippen molar-refractivity contribution in [3.8, 4) is 0 Å². The molecule has 0 bridgehead atoms. The normalized spacial score (nSPS) is 14.3. The van der Waals surface area contributed by atoms with E-state index in [1.807, 2.05) is 18.5 Å². The smallest absolute Gasteiger partial charge is 0.191 e. The Morgan fingerprint density at radius 2 is 1.61 bits per heavy atom. The molecule has 1 aliphatic carbocycles. The second-order valence-corrected chi connectivity index (χ2v) is 8.60. The zero-order valence-electron chi connectivity index (χ0n) is 19.6. The summed E-state index contributed by atoms with van der Waals surface area (Å²) in [7, 11) is 1.99. The van der Waals surface area contributed by atoms with E-state index in [4.69, 9.17) is 4.99 Å². The Bertz CT molecular complexity index is 957. The average molecular weight is 559 g/mol. The van der Waals surface area contributed by atoms with Gasteiger partial charge in [-0.15, -0.1) is 34.2 Å². The third-order valence-electron chi connectivity index (χ3n) is 6.39. The van der Waals surface area contributed by atoms with Gasteiger partial charge in [0.2, 0.25) is 0 Å². The number of benzene rings is 2. The molecule has 1 fully saturated rings. The van der Waals surface area contributed by atoms with Gasteiger partial charge in [0.05, 0.1) is 0 Å². The van der Waals surface area contributed by atoms with E-state index in [-0.39, 0.29) is 24.0 Å². The van der Waals surface area contributed by atoms with Gasteiger partial charge < -0.3 is 15.2 Å². The third kappa shape index (κ3) is 7.03. The molecular formula is C26H35IN6. The van der Waals surface area contributed by atoms with Gasteiger partial charge in [-0.3, -0.25) is 0 Å². The minimum atomic E-state index is 0. The van der Waals surface area contributed by atoms with Crippen LogP contribution in [0.4, 0.5) is 0 Å². The second-order valence-electron chi connectivity index (χ2n) is 8.60. The quantitative estimate of drug-likeness (QED) is 0.234. The Kier molecular flexibility index (Phi) is 9.72. The molecule has 6 nitrogen and oxygen atoms in total. The molecule has 2 N–H and O–H groups in total. The van der Waals surface area contributed by atoms with Crippen LogP contribution in [0.1, 0.15) is 60.8 Å². The molecule has 1 saturated carbocycles. The second kappa shape index (κ2) is 12.7. The van der Waals surface area contributed by atoms with Crippen molar-refractivity contribution in [2.24, 2.45) is 12.0 Å². The number of rotatable bonds is 8. The molecule has 1 aliphatic rings. The number of hydrogen-bond donors (Lipinski definition) is 2. The summed E-state index contributed by atoms with van der Waals surface area (Å²) in [5.41, 5.74) is 2.69. The minimum absolute atomic E-state index is 0. The van der Waals surface area contributed by atoms with Crippen LogP contribution in [-0.4, -0.2) is 33.3 Å². The fourth-order valence-electron chi connectivity index (χ4n) is 4.39. The van der Waals surface area contributed by atoms with Crippen molar-refractivity contribution in [1.29, 1.82) is 0 Å². The van der Waals surface area contributed by atoms with Crippen molar-refractivity contribution >= 4 is 29.9 Å². The van der Waals surface area contributed by atoms with Crippen molar-refractivity contribution in [3.63, 3.8) is 0 Å². The molecule has 1 aromatic heterocycles. The molecule has 4 rings (SSSR count). The molecule has 176 valence electrons. The predicted molar refractivity (Wildman–Crippen MR) is 145 cm³/mol. The van der Waals surface area contributed by atoms with Crippen molar-refractivity contribution in [2.45, 2.75) is 57.5 Å². The topological polar surface area (TPSA) is 67.1 Å². The zero-order valence-corrected chi connectivity index (χ0v) is 21.9. The molecule has 1 heterocycles. The Labute approximate surface area is 214 Å². The Morgan fingerprint density at radius 3 is 2.15 bits per heavy atom. The molecule has 0 atom stereocenters. The van der Waals surface area contributed by atoms with Gasteiger partial charge in [0, 0.05) is 25.6 Å². The maximum atomic E-state index is 4.85. The highest BCUT2D eigenvalue weighted by Crippen LogP contribution is 2.27. The molecule has 33 heavy (non-hydrogen) atoms. The van der Waals surface area contributed by atoms with Crippen LogP contribution in [0.3, 0.4) is 0 Å². The van der Waals surface area contributed by atoms with Crippen LogP contribution in [0.2, 0.25) is 0 Å². The molecule has 0 saturated heterocycles. The van der Waals surface area contributed by atoms with E-state index in [2.05, 4.69) is 81.5 Å². The summed E-state index contributed by atoms with van der Waals surface area (Å²) in [4.78, 5) is 4.85. The highest BCUT2D eigenvalue weighted by Gasteiger charge is 2.18. The molecule has 0 radical (unpaired) electrons. The van der Waals surface area contributed by atoms with Gasteiger partial charge in [0.25, 0.3) is 0 Å². The van der Waals surface area contributed by atoms with Gasteiger partial charge in [-0.2, -0.15) is 0 Å². The number of nitrogens with one attached hydrogen (secondary N) is 2. The lowest BCUT2D eigenvalue weighted by Gasteiger charge is -2.21. The fraction of sp³-hybridized carbons (Fsp3) is 0.423. The molecule has 0 amide bonds. The van der Waals surface area contributed by atoms with Gasteiger partial charge in [0.1, 0.15) is 12.4 Å². The number of aryl methyl sites for hydroxylation is 1. The monoisotopic (exact) mass is 558 g/mol. The van der Waals surface area contributed by atoms with Crippen LogP contribution in [-0.2, 0) is 13.6 Å². The van der Waals surface area contributed by atoms with Crippen LogP contribution < -0.4 is 10.6 Å². The summed E-state index contributed by atoms with van der Waals surface area (Å²) in [5, 5.41) is 15.7. The van der Waals surface area contributed by atoms with E-state index in [9.17, 15) is 0 Å². The van der Waals surface area contributed by atoms with Crippen LogP contribution >= 0.6 is 24.0 Å². The number of halogens is 1. The predicted octanol–water partition coefficient (Wildman–Crippen LogP) is 4.94. The number of aromatic nitrogens is 3. The largest absolute Gasteiger partial charge is 0.356 e. The third-order valence-corrected chi connectivity index (χ3v) is 6.39. The Hall–Kier alpha value is -2.42. The first kappa shape index (κ1) is 25.2. The van der Waals surface area contributed by atoms with Gasteiger partial charge in [-0.1, -0.05) is 73.5 Å². The van der Waals surface area contributed by atoms with E-state index >= 15 is 0 Å². The van der Waals surface area contributed by atoms with E-state index in [1.54, 1.807) is 0 Å². The zero-order chi connectivity index (χ0) is 22.2. The summed E-state index contributed by atoms with van der Waals surface area (Å²) in [5.74, 6) is 3.00. The fourth-order valence-corrected chi connectivity index (χ4v) is 4.39. The number of guanidine groups is 1. The maximum absolute atomic E-state index is 4.85. The molecule has 0 unspecified atom stereocenters. The number of nitrogens with zero attached hydrogens (tertiary/aromatic N) is 4. The van der Waals surface area contributed by atoms with Crippen LogP contribution in [0.25, 0.3) is 0 Å². The van der Waals surface area contributed by atoms with Gasteiger partial charge in [0.15, 0.2) is 11.8 Å². The maximum Gasteiger partial charge on any atom is 0.191 e. The lowest BCUT2D eigenvalue weighted by Crippen LogP contribution is -2.43. The number of aliphatic imine (C=N–C) groups is 1. The Balaban J connectivity index is 0.00000306. The average Bonchev–Trinajstić information content (AvgIpc) is 3.46. The first-order valence-electron chi connectivity index (χ1n) is 11.7. The first-order valence-corrected chi connectivity index (χ1v) is 11.7. The van der Waals surface area contributed by atoms with E-state index in [0.717, 1.165) is 30.6 Å². The van der Waals surface area contributed by atoms with E-state index < -0.39 is 0 Å². The molecule has 7 heteroatoms. The number of hydrogen-bond acceptors (Lipinski definition) is 3. The van der Waals surface area contributed by atoms with Crippen LogP contribution in [0, 0.1) is 6.92 Å². The van der Waals surface area contributed by atoms with Gasteiger partial charge in [-0.25, -0.2) is 4.99 Å². The summed E-state index contributed by atoms with van der Waals surface area (Å²) >= 11 is 0. The van der Waals surface area contributed by atoms with E-state index in [1.165, 1.54) is 36.8 Å². The summed E-state index contributed by atoms with van der Waals surface area (Å²) in [6.45, 7) is 3.31. The summed E-state index contributed by atoms with van der Waals surface area (Å²) < 4.78 is 2.00. The van der Waals surface area contributed by atoms with Gasteiger partial charge in [-0.05, 0) is 37.3 Å². The SMILES string of the molecule is Cc1nnc(CN=C(NCCC(c2ccccc2)c2ccccc2)NC2CCCC2)n1C.I. The lowest BCUT2D eigenvalue weighted by atomic mass is 9.88. The van der Waals surface area contributed by atoms with E-state index in [0.29, 0.717) is 18.5 Å². The lowest BCUT2D eigenvalue weighted by molar-refractivity contribution is 0.601. The molecule has 0 spiro atoms. The van der Waals surface area contributed by atoms with Crippen LogP contribution in [0.5, 0.6) is 0 Å². The first-order chi connectivity index (χ1) is 15.7. The highest BCUT2D eigenvalue weighted by atomic mass is 127.